The molecule has 0 heterocycles. The highest BCUT2D eigenvalue weighted by Gasteiger charge is 2.39. The molecule has 3 amide bonds. The summed E-state index contributed by atoms with van der Waals surface area (Å²) in [6, 6.07) is 15.7. The normalized spacial score (nSPS) is 13.7. The summed E-state index contributed by atoms with van der Waals surface area (Å²) in [7, 11) is 0. The van der Waals surface area contributed by atoms with Gasteiger partial charge in [-0.05, 0) is 69.5 Å². The lowest BCUT2D eigenvalue weighted by molar-refractivity contribution is -0.143. The van der Waals surface area contributed by atoms with Gasteiger partial charge in [0.2, 0.25) is 5.91 Å². The fourth-order valence-electron chi connectivity index (χ4n) is 4.41. The van der Waals surface area contributed by atoms with E-state index in [1.165, 1.54) is 4.90 Å². The second-order valence-corrected chi connectivity index (χ2v) is 11.2. The number of amides is 3. The van der Waals surface area contributed by atoms with Gasteiger partial charge >= 0.3 is 6.09 Å². The highest BCUT2D eigenvalue weighted by Crippen LogP contribution is 2.35. The number of phenolic OH excluding ortho intramolecular Hbond substituents is 1. The van der Waals surface area contributed by atoms with Crippen molar-refractivity contribution in [2.75, 3.05) is 11.1 Å². The molecule has 0 bridgehead atoms. The minimum absolute atomic E-state index is 0.0240. The van der Waals surface area contributed by atoms with E-state index in [0.29, 0.717) is 17.7 Å². The number of alkyl carbamates (subject to hydrolysis) is 1. The summed E-state index contributed by atoms with van der Waals surface area (Å²) in [5.74, 6) is -1.12. The van der Waals surface area contributed by atoms with Gasteiger partial charge in [0.1, 0.15) is 23.4 Å². The molecule has 0 spiro atoms. The molecule has 0 aromatic heterocycles. The Kier molecular flexibility index (Phi) is 10.1. The number of para-hydroxylation sites is 1. The first-order valence-corrected chi connectivity index (χ1v) is 14.0. The number of carbonyl (C=O) groups excluding carboxylic acids is 3. The Bertz CT molecular complexity index is 1370. The second kappa shape index (κ2) is 13.1. The van der Waals surface area contributed by atoms with Crippen LogP contribution in [0.4, 0.5) is 10.5 Å². The Balaban J connectivity index is 2.06. The molecule has 3 rings (SSSR count). The Hall–Kier alpha value is -3.72. The van der Waals surface area contributed by atoms with Crippen LogP contribution in [-0.2, 0) is 14.3 Å². The summed E-state index contributed by atoms with van der Waals surface area (Å²) < 4.78 is 5.35. The number of carbonyl (C=O) groups is 3. The van der Waals surface area contributed by atoms with E-state index in [4.69, 9.17) is 4.74 Å². The number of aromatic hydroxyl groups is 1. The van der Waals surface area contributed by atoms with E-state index in [2.05, 4.69) is 23.3 Å². The van der Waals surface area contributed by atoms with Crippen molar-refractivity contribution in [2.45, 2.75) is 71.7 Å². The number of ether oxygens (including phenoxy) is 1. The number of aryl methyl sites for hydroxylation is 1. The van der Waals surface area contributed by atoms with Crippen molar-refractivity contribution in [3.05, 3.63) is 71.8 Å². The number of thiol groups is 1. The van der Waals surface area contributed by atoms with Crippen LogP contribution >= 0.6 is 12.6 Å². The van der Waals surface area contributed by atoms with Crippen LogP contribution in [0.5, 0.6) is 5.75 Å². The number of anilines is 1. The van der Waals surface area contributed by atoms with Crippen LogP contribution in [0.3, 0.4) is 0 Å². The quantitative estimate of drug-likeness (QED) is 0.239. The van der Waals surface area contributed by atoms with Gasteiger partial charge in [-0.15, -0.1) is 0 Å². The Morgan fingerprint density at radius 1 is 1.02 bits per heavy atom. The molecule has 0 radical (unpaired) electrons. The molecule has 3 aromatic carbocycles. The Morgan fingerprint density at radius 3 is 2.33 bits per heavy atom. The average Bonchev–Trinajstić information content (AvgIpc) is 2.90. The van der Waals surface area contributed by atoms with E-state index < -0.39 is 41.6 Å². The van der Waals surface area contributed by atoms with Crippen LogP contribution in [0.25, 0.3) is 10.8 Å². The lowest BCUT2D eigenvalue weighted by Gasteiger charge is -2.38. The molecule has 0 aliphatic carbocycles. The number of hydrogen-bond acceptors (Lipinski definition) is 6. The molecular weight excluding hydrogens is 526 g/mol. The minimum atomic E-state index is -1.20. The molecule has 8 nitrogen and oxygen atoms in total. The largest absolute Gasteiger partial charge is 0.507 e. The van der Waals surface area contributed by atoms with Gasteiger partial charge < -0.3 is 25.4 Å². The lowest BCUT2D eigenvalue weighted by Crippen LogP contribution is -2.55. The third kappa shape index (κ3) is 7.47. The van der Waals surface area contributed by atoms with Gasteiger partial charge in [-0.2, -0.15) is 12.6 Å². The van der Waals surface area contributed by atoms with Gasteiger partial charge in [0.15, 0.2) is 0 Å². The van der Waals surface area contributed by atoms with Gasteiger partial charge in [0.25, 0.3) is 5.91 Å². The molecule has 40 heavy (non-hydrogen) atoms. The first-order chi connectivity index (χ1) is 18.9. The van der Waals surface area contributed by atoms with Crippen LogP contribution < -0.4 is 10.6 Å². The standard InChI is InChI=1S/C31H39N3O5S/c1-7-20(3)34(29(37)25(18-40)33-30(38)39-31(4,5)6)26(24-14-10-11-19(2)27(24)35)28(36)32-23-16-15-21-12-8-9-13-22(21)17-23/h8-17,20,25-26,35,40H,7,18H2,1-6H3,(H,32,36)(H,33,38). The fraction of sp³-hybridized carbons (Fsp3) is 0.387. The maximum Gasteiger partial charge on any atom is 0.408 e. The summed E-state index contributed by atoms with van der Waals surface area (Å²) in [6.07, 6.45) is -0.247. The first-order valence-electron chi connectivity index (χ1n) is 13.4. The third-order valence-electron chi connectivity index (χ3n) is 6.60. The lowest BCUT2D eigenvalue weighted by atomic mass is 9.97. The van der Waals surface area contributed by atoms with Crippen LogP contribution in [0.1, 0.15) is 58.2 Å². The van der Waals surface area contributed by atoms with Crippen molar-refractivity contribution in [1.29, 1.82) is 0 Å². The number of benzene rings is 3. The Morgan fingerprint density at radius 2 is 1.70 bits per heavy atom. The summed E-state index contributed by atoms with van der Waals surface area (Å²) in [6.45, 7) is 10.6. The van der Waals surface area contributed by atoms with Gasteiger partial charge in [-0.3, -0.25) is 9.59 Å². The molecule has 3 atom stereocenters. The molecule has 0 aliphatic rings. The van der Waals surface area contributed by atoms with Crippen LogP contribution in [0, 0.1) is 6.92 Å². The summed E-state index contributed by atoms with van der Waals surface area (Å²) in [5, 5.41) is 18.6. The molecule has 0 aliphatic heterocycles. The number of rotatable bonds is 9. The van der Waals surface area contributed by atoms with Crippen molar-refractivity contribution in [2.24, 2.45) is 0 Å². The van der Waals surface area contributed by atoms with Crippen molar-refractivity contribution in [3.8, 4) is 5.75 Å². The van der Waals surface area contributed by atoms with Gasteiger partial charge in [0, 0.05) is 23.0 Å². The average molecular weight is 566 g/mol. The minimum Gasteiger partial charge on any atom is -0.507 e. The molecule has 0 saturated heterocycles. The second-order valence-electron chi connectivity index (χ2n) is 10.9. The van der Waals surface area contributed by atoms with E-state index in [0.717, 1.165) is 10.8 Å². The zero-order valence-electron chi connectivity index (χ0n) is 23.9. The number of nitrogens with zero attached hydrogens (tertiary/aromatic N) is 1. The highest BCUT2D eigenvalue weighted by atomic mass is 32.1. The van der Waals surface area contributed by atoms with Crippen molar-refractivity contribution in [1.82, 2.24) is 10.2 Å². The number of phenols is 1. The molecule has 3 unspecified atom stereocenters. The summed E-state index contributed by atoms with van der Waals surface area (Å²) in [4.78, 5) is 42.1. The van der Waals surface area contributed by atoms with Gasteiger partial charge in [-0.25, -0.2) is 4.79 Å². The van der Waals surface area contributed by atoms with E-state index in [1.54, 1.807) is 52.0 Å². The topological polar surface area (TPSA) is 108 Å². The first kappa shape index (κ1) is 30.8. The SMILES string of the molecule is CCC(C)N(C(=O)C(CS)NC(=O)OC(C)(C)C)C(C(=O)Nc1ccc2ccccc2c1)c1cccc(C)c1O. The third-order valence-corrected chi connectivity index (χ3v) is 6.96. The van der Waals surface area contributed by atoms with Crippen molar-refractivity contribution in [3.63, 3.8) is 0 Å². The summed E-state index contributed by atoms with van der Waals surface area (Å²) in [5.41, 5.74) is 0.632. The predicted molar refractivity (Wildman–Crippen MR) is 162 cm³/mol. The highest BCUT2D eigenvalue weighted by molar-refractivity contribution is 7.80. The van der Waals surface area contributed by atoms with E-state index in [9.17, 15) is 19.5 Å². The molecular formula is C31H39N3O5S. The van der Waals surface area contributed by atoms with E-state index in [1.807, 2.05) is 50.2 Å². The maximum atomic E-state index is 14.1. The molecule has 3 N–H and O–H groups in total. The zero-order valence-corrected chi connectivity index (χ0v) is 24.8. The maximum absolute atomic E-state index is 14.1. The Labute approximate surface area is 241 Å². The van der Waals surface area contributed by atoms with E-state index >= 15 is 0 Å². The van der Waals surface area contributed by atoms with Gasteiger partial charge in [-0.1, -0.05) is 55.5 Å². The predicted octanol–water partition coefficient (Wildman–Crippen LogP) is 5.98. The molecule has 0 saturated carbocycles. The zero-order chi connectivity index (χ0) is 29.6. The van der Waals surface area contributed by atoms with E-state index in [-0.39, 0.29) is 17.1 Å². The van der Waals surface area contributed by atoms with Crippen LogP contribution in [0.15, 0.2) is 60.7 Å². The van der Waals surface area contributed by atoms with Crippen LogP contribution in [-0.4, -0.2) is 51.4 Å². The smallest absolute Gasteiger partial charge is 0.408 e. The monoisotopic (exact) mass is 565 g/mol. The number of hydrogen-bond donors (Lipinski definition) is 4. The fourth-order valence-corrected chi connectivity index (χ4v) is 4.66. The molecule has 214 valence electrons. The number of nitrogens with one attached hydrogen (secondary N) is 2. The van der Waals surface area contributed by atoms with Crippen molar-refractivity contribution >= 4 is 47.0 Å². The molecule has 9 heteroatoms. The van der Waals surface area contributed by atoms with Gasteiger partial charge in [0.05, 0.1) is 0 Å². The molecule has 0 fully saturated rings. The van der Waals surface area contributed by atoms with Crippen LogP contribution in [0.2, 0.25) is 0 Å². The number of fused-ring (bicyclic) bond motifs is 1. The summed E-state index contributed by atoms with van der Waals surface area (Å²) >= 11 is 4.32. The van der Waals surface area contributed by atoms with Crippen molar-refractivity contribution < 1.29 is 24.2 Å². The molecule has 3 aromatic rings.